The van der Waals surface area contributed by atoms with Crippen molar-refractivity contribution >= 4 is 5.97 Å². The number of ether oxygens (including phenoxy) is 1. The maximum atomic E-state index is 10.9. The van der Waals surface area contributed by atoms with E-state index in [0.717, 1.165) is 11.1 Å². The molecule has 0 fully saturated rings. The van der Waals surface area contributed by atoms with Crippen LogP contribution in [0.3, 0.4) is 0 Å². The smallest absolute Gasteiger partial charge is 0.309 e. The van der Waals surface area contributed by atoms with Crippen LogP contribution in [0.2, 0.25) is 0 Å². The van der Waals surface area contributed by atoms with Crippen molar-refractivity contribution in [3.05, 3.63) is 35.4 Å². The normalized spacial score (nSPS) is 8.57. The van der Waals surface area contributed by atoms with E-state index >= 15 is 0 Å². The number of carbonyl (C=O) groups excluding carboxylic acids is 1. The second-order valence-corrected chi connectivity index (χ2v) is 2.74. The van der Waals surface area contributed by atoms with E-state index in [2.05, 4.69) is 4.74 Å². The summed E-state index contributed by atoms with van der Waals surface area (Å²) in [7, 11) is 1.40. The van der Waals surface area contributed by atoms with Crippen molar-refractivity contribution in [2.75, 3.05) is 7.11 Å². The molecule has 0 saturated carbocycles. The maximum Gasteiger partial charge on any atom is 0.309 e. The summed E-state index contributed by atoms with van der Waals surface area (Å²) in [5, 5.41) is 0. The van der Waals surface area contributed by atoms with E-state index in [1.54, 1.807) is 0 Å². The summed E-state index contributed by atoms with van der Waals surface area (Å²) >= 11 is 0. The van der Waals surface area contributed by atoms with E-state index in [1.165, 1.54) is 7.11 Å². The Balaban J connectivity index is 0.000000791. The molecule has 0 heterocycles. The average molecular weight is 194 g/mol. The summed E-state index contributed by atoms with van der Waals surface area (Å²) in [5.41, 5.74) is 2.17. The summed E-state index contributed by atoms with van der Waals surface area (Å²) in [5.74, 6) is -0.194. The van der Waals surface area contributed by atoms with Gasteiger partial charge in [0.25, 0.3) is 0 Å². The number of rotatable bonds is 2. The molecule has 2 heteroatoms. The zero-order valence-electron chi connectivity index (χ0n) is 9.33. The van der Waals surface area contributed by atoms with E-state index < -0.39 is 0 Å². The third-order valence-corrected chi connectivity index (χ3v) is 1.66. The van der Waals surface area contributed by atoms with E-state index in [4.69, 9.17) is 0 Å². The molecule has 0 N–H and O–H groups in total. The number of carbonyl (C=O) groups is 1. The van der Waals surface area contributed by atoms with Gasteiger partial charge in [-0.2, -0.15) is 0 Å². The van der Waals surface area contributed by atoms with Crippen molar-refractivity contribution < 1.29 is 9.53 Å². The summed E-state index contributed by atoms with van der Waals surface area (Å²) in [4.78, 5) is 10.9. The lowest BCUT2D eigenvalue weighted by atomic mass is 10.1. The molecule has 1 rings (SSSR count). The molecule has 0 aliphatic rings. The molecule has 0 aliphatic carbocycles. The molecule has 0 atom stereocenters. The Kier molecular flexibility index (Phi) is 6.46. The molecule has 1 aromatic rings. The zero-order valence-corrected chi connectivity index (χ0v) is 9.33. The third kappa shape index (κ3) is 4.65. The second-order valence-electron chi connectivity index (χ2n) is 2.74. The topological polar surface area (TPSA) is 26.3 Å². The SMILES string of the molecule is CC.COC(=O)Cc1cccc(C)c1. The van der Waals surface area contributed by atoms with Gasteiger partial charge < -0.3 is 4.74 Å². The summed E-state index contributed by atoms with van der Waals surface area (Å²) in [6.45, 7) is 6.00. The minimum atomic E-state index is -0.194. The fourth-order valence-electron chi connectivity index (χ4n) is 1.06. The van der Waals surface area contributed by atoms with Gasteiger partial charge in [0.05, 0.1) is 13.5 Å². The predicted molar refractivity (Wildman–Crippen MR) is 58.2 cm³/mol. The van der Waals surface area contributed by atoms with Gasteiger partial charge in [0.2, 0.25) is 0 Å². The Bertz CT molecular complexity index is 279. The number of hydrogen-bond acceptors (Lipinski definition) is 2. The standard InChI is InChI=1S/C10H12O2.C2H6/c1-8-4-3-5-9(6-8)7-10(11)12-2;1-2/h3-6H,7H2,1-2H3;1-2H3. The molecule has 0 aliphatic heterocycles. The van der Waals surface area contributed by atoms with Gasteiger partial charge in [0.15, 0.2) is 0 Å². The monoisotopic (exact) mass is 194 g/mol. The van der Waals surface area contributed by atoms with Crippen molar-refractivity contribution in [3.8, 4) is 0 Å². The van der Waals surface area contributed by atoms with Crippen LogP contribution in [0, 0.1) is 6.92 Å². The van der Waals surface area contributed by atoms with Crippen molar-refractivity contribution in [1.29, 1.82) is 0 Å². The van der Waals surface area contributed by atoms with Crippen LogP contribution in [-0.4, -0.2) is 13.1 Å². The Morgan fingerprint density at radius 1 is 1.36 bits per heavy atom. The van der Waals surface area contributed by atoms with Crippen molar-refractivity contribution in [2.45, 2.75) is 27.2 Å². The highest BCUT2D eigenvalue weighted by Gasteiger charge is 2.01. The van der Waals surface area contributed by atoms with Crippen LogP contribution >= 0.6 is 0 Å². The molecular formula is C12H18O2. The minimum Gasteiger partial charge on any atom is -0.469 e. The lowest BCUT2D eigenvalue weighted by Gasteiger charge is -2.00. The fourth-order valence-corrected chi connectivity index (χ4v) is 1.06. The van der Waals surface area contributed by atoms with Gasteiger partial charge in [-0.05, 0) is 12.5 Å². The van der Waals surface area contributed by atoms with E-state index in [0.29, 0.717) is 6.42 Å². The number of methoxy groups -OCH3 is 1. The Morgan fingerprint density at radius 2 is 2.00 bits per heavy atom. The lowest BCUT2D eigenvalue weighted by molar-refractivity contribution is -0.139. The zero-order chi connectivity index (χ0) is 11.0. The molecule has 0 radical (unpaired) electrons. The second kappa shape index (κ2) is 7.13. The fraction of sp³-hybridized carbons (Fsp3) is 0.417. The van der Waals surface area contributed by atoms with Gasteiger partial charge in [-0.3, -0.25) is 4.79 Å². The van der Waals surface area contributed by atoms with E-state index in [1.807, 2.05) is 45.0 Å². The molecule has 0 saturated heterocycles. The van der Waals surface area contributed by atoms with Crippen LogP contribution in [-0.2, 0) is 16.0 Å². The van der Waals surface area contributed by atoms with Gasteiger partial charge in [-0.25, -0.2) is 0 Å². The third-order valence-electron chi connectivity index (χ3n) is 1.66. The van der Waals surface area contributed by atoms with Crippen LogP contribution in [0.5, 0.6) is 0 Å². The van der Waals surface area contributed by atoms with Crippen LogP contribution in [0.4, 0.5) is 0 Å². The Hall–Kier alpha value is -1.31. The highest BCUT2D eigenvalue weighted by molar-refractivity contribution is 5.72. The molecule has 1 aromatic carbocycles. The highest BCUT2D eigenvalue weighted by Crippen LogP contribution is 2.04. The molecule has 0 amide bonds. The van der Waals surface area contributed by atoms with Crippen molar-refractivity contribution in [2.24, 2.45) is 0 Å². The number of esters is 1. The predicted octanol–water partition coefficient (Wildman–Crippen LogP) is 2.74. The molecule has 14 heavy (non-hydrogen) atoms. The summed E-state index contributed by atoms with van der Waals surface area (Å²) in [6, 6.07) is 7.84. The number of benzene rings is 1. The van der Waals surface area contributed by atoms with Crippen LogP contribution < -0.4 is 0 Å². The maximum absolute atomic E-state index is 10.9. The molecule has 0 aromatic heterocycles. The lowest BCUT2D eigenvalue weighted by Crippen LogP contribution is -2.04. The molecule has 0 spiro atoms. The molecular weight excluding hydrogens is 176 g/mol. The molecule has 0 bridgehead atoms. The van der Waals surface area contributed by atoms with Gasteiger partial charge in [-0.15, -0.1) is 0 Å². The van der Waals surface area contributed by atoms with Gasteiger partial charge in [0, 0.05) is 0 Å². The first-order valence-corrected chi connectivity index (χ1v) is 4.84. The Morgan fingerprint density at radius 3 is 2.50 bits per heavy atom. The molecule has 0 unspecified atom stereocenters. The van der Waals surface area contributed by atoms with Crippen molar-refractivity contribution in [3.63, 3.8) is 0 Å². The van der Waals surface area contributed by atoms with Crippen LogP contribution in [0.15, 0.2) is 24.3 Å². The first kappa shape index (κ1) is 12.7. The summed E-state index contributed by atoms with van der Waals surface area (Å²) in [6.07, 6.45) is 0.359. The molecule has 78 valence electrons. The van der Waals surface area contributed by atoms with Crippen LogP contribution in [0.1, 0.15) is 25.0 Å². The Labute approximate surface area is 85.9 Å². The largest absolute Gasteiger partial charge is 0.469 e. The quantitative estimate of drug-likeness (QED) is 0.677. The van der Waals surface area contributed by atoms with Gasteiger partial charge >= 0.3 is 5.97 Å². The number of hydrogen-bond donors (Lipinski definition) is 0. The highest BCUT2D eigenvalue weighted by atomic mass is 16.5. The number of aryl methyl sites for hydroxylation is 1. The summed E-state index contributed by atoms with van der Waals surface area (Å²) < 4.78 is 4.56. The van der Waals surface area contributed by atoms with E-state index in [-0.39, 0.29) is 5.97 Å². The minimum absolute atomic E-state index is 0.194. The van der Waals surface area contributed by atoms with Gasteiger partial charge in [0.1, 0.15) is 0 Å². The average Bonchev–Trinajstić information content (AvgIpc) is 2.21. The van der Waals surface area contributed by atoms with E-state index in [9.17, 15) is 4.79 Å². The van der Waals surface area contributed by atoms with Crippen molar-refractivity contribution in [1.82, 2.24) is 0 Å². The molecule has 2 nitrogen and oxygen atoms in total. The first-order valence-electron chi connectivity index (χ1n) is 4.84. The van der Waals surface area contributed by atoms with Crippen LogP contribution in [0.25, 0.3) is 0 Å². The van der Waals surface area contributed by atoms with Gasteiger partial charge in [-0.1, -0.05) is 43.7 Å². The first-order chi connectivity index (χ1) is 6.72.